The number of pyridine rings is 1. The number of aromatic nitrogens is 3. The molecule has 3 heterocycles. The molecule has 1 amide bonds. The van der Waals surface area contributed by atoms with Gasteiger partial charge in [0, 0.05) is 30.2 Å². The number of carbonyl (C=O) groups is 2. The summed E-state index contributed by atoms with van der Waals surface area (Å²) < 4.78 is 37.0. The number of aliphatic carboxylic acids is 1. The van der Waals surface area contributed by atoms with Gasteiger partial charge in [0.15, 0.2) is 0 Å². The standard InChI is InChI=1S/C24H21N5O3.C2HF3O2/c25-20(12-15-4-2-1-3-5-15)23(30)29-11-8-18-19(22-27-28-24(31)32-22)13-17(14-21(18)29)16-6-9-26-10-7-16;3-2(4,5)1(6)7/h1-7,9-10,13-14,20H,8,11-12,25H2,(H,28,31);(H,6,7)/t20-;/m0./s1. The largest absolute Gasteiger partial charge is 0.490 e. The molecule has 0 saturated heterocycles. The number of halogens is 3. The molecule has 2 aromatic carbocycles. The Labute approximate surface area is 218 Å². The highest BCUT2D eigenvalue weighted by molar-refractivity contribution is 6.01. The number of nitrogens with zero attached hydrogens (tertiary/aromatic N) is 3. The van der Waals surface area contributed by atoms with E-state index in [2.05, 4.69) is 15.2 Å². The van der Waals surface area contributed by atoms with Crippen molar-refractivity contribution < 1.29 is 32.3 Å². The quantitative estimate of drug-likeness (QED) is 0.348. The molecule has 2 aromatic heterocycles. The number of carboxylic acid groups (broad SMARTS) is 1. The van der Waals surface area contributed by atoms with Crippen LogP contribution in [-0.4, -0.2) is 50.9 Å². The molecule has 202 valence electrons. The highest BCUT2D eigenvalue weighted by Gasteiger charge is 2.38. The van der Waals surface area contributed by atoms with Gasteiger partial charge in [-0.05, 0) is 59.4 Å². The number of rotatable bonds is 5. The third kappa shape index (κ3) is 6.38. The molecule has 13 heteroatoms. The maximum atomic E-state index is 13.3. The second-order valence-electron chi connectivity index (χ2n) is 8.51. The second kappa shape index (κ2) is 11.3. The Morgan fingerprint density at radius 1 is 1.10 bits per heavy atom. The summed E-state index contributed by atoms with van der Waals surface area (Å²) in [6.07, 6.45) is -0.608. The van der Waals surface area contributed by atoms with E-state index in [1.807, 2.05) is 54.6 Å². The number of nitrogens with two attached hydrogens (primary N) is 1. The maximum absolute atomic E-state index is 13.3. The molecular weight excluding hydrogens is 519 g/mol. The fourth-order valence-electron chi connectivity index (χ4n) is 4.14. The third-order valence-electron chi connectivity index (χ3n) is 5.91. The Morgan fingerprint density at radius 3 is 2.36 bits per heavy atom. The summed E-state index contributed by atoms with van der Waals surface area (Å²) in [5.41, 5.74) is 11.5. The monoisotopic (exact) mass is 541 g/mol. The molecule has 0 radical (unpaired) electrons. The summed E-state index contributed by atoms with van der Waals surface area (Å²) in [6, 6.07) is 16.7. The Hall–Kier alpha value is -4.78. The predicted molar refractivity (Wildman–Crippen MR) is 134 cm³/mol. The predicted octanol–water partition coefficient (Wildman–Crippen LogP) is 3.18. The van der Waals surface area contributed by atoms with E-state index < -0.39 is 23.9 Å². The third-order valence-corrected chi connectivity index (χ3v) is 5.91. The van der Waals surface area contributed by atoms with Crippen LogP contribution >= 0.6 is 0 Å². The number of aromatic amines is 1. The lowest BCUT2D eigenvalue weighted by Crippen LogP contribution is -2.44. The Bertz CT molecular complexity index is 1520. The van der Waals surface area contributed by atoms with Crippen LogP contribution in [0.5, 0.6) is 0 Å². The molecule has 1 aliphatic rings. The van der Waals surface area contributed by atoms with E-state index in [0.717, 1.165) is 27.9 Å². The first-order valence-electron chi connectivity index (χ1n) is 11.6. The van der Waals surface area contributed by atoms with Gasteiger partial charge < -0.3 is 20.2 Å². The molecule has 0 fully saturated rings. The van der Waals surface area contributed by atoms with Crippen molar-refractivity contribution in [2.75, 3.05) is 11.4 Å². The number of hydrogen-bond donors (Lipinski definition) is 3. The number of carboxylic acids is 1. The van der Waals surface area contributed by atoms with Crippen LogP contribution in [0.3, 0.4) is 0 Å². The minimum Gasteiger partial charge on any atom is -0.475 e. The van der Waals surface area contributed by atoms with Crippen LogP contribution in [0, 0.1) is 0 Å². The van der Waals surface area contributed by atoms with E-state index in [0.29, 0.717) is 24.9 Å². The number of amides is 1. The van der Waals surface area contributed by atoms with E-state index in [-0.39, 0.29) is 11.8 Å². The summed E-state index contributed by atoms with van der Waals surface area (Å²) in [7, 11) is 0. The molecule has 0 saturated carbocycles. The average Bonchev–Trinajstić information content (AvgIpc) is 3.55. The summed E-state index contributed by atoms with van der Waals surface area (Å²) >= 11 is 0. The number of H-pyrrole nitrogens is 1. The smallest absolute Gasteiger partial charge is 0.475 e. The summed E-state index contributed by atoms with van der Waals surface area (Å²) in [4.78, 5) is 39.6. The van der Waals surface area contributed by atoms with Crippen LogP contribution in [0.4, 0.5) is 18.9 Å². The lowest BCUT2D eigenvalue weighted by Gasteiger charge is -2.22. The van der Waals surface area contributed by atoms with E-state index in [1.165, 1.54) is 0 Å². The molecule has 1 aliphatic heterocycles. The van der Waals surface area contributed by atoms with Crippen LogP contribution in [-0.2, 0) is 22.4 Å². The van der Waals surface area contributed by atoms with Crippen molar-refractivity contribution in [1.82, 2.24) is 15.2 Å². The molecule has 0 unspecified atom stereocenters. The molecule has 0 aliphatic carbocycles. The first-order chi connectivity index (χ1) is 18.5. The van der Waals surface area contributed by atoms with Crippen LogP contribution < -0.4 is 16.4 Å². The molecule has 4 N–H and O–H groups in total. The number of fused-ring (bicyclic) bond motifs is 1. The lowest BCUT2D eigenvalue weighted by atomic mass is 9.97. The molecule has 0 spiro atoms. The Morgan fingerprint density at radius 2 is 1.77 bits per heavy atom. The van der Waals surface area contributed by atoms with Crippen molar-refractivity contribution >= 4 is 17.6 Å². The van der Waals surface area contributed by atoms with E-state index in [4.69, 9.17) is 20.1 Å². The van der Waals surface area contributed by atoms with Gasteiger partial charge in [-0.25, -0.2) is 14.7 Å². The van der Waals surface area contributed by atoms with Crippen molar-refractivity contribution in [3.8, 4) is 22.6 Å². The first-order valence-corrected chi connectivity index (χ1v) is 11.6. The number of carbonyl (C=O) groups excluding carboxylic acids is 1. The number of hydrogen-bond acceptors (Lipinski definition) is 7. The fraction of sp³-hybridized carbons (Fsp3) is 0.192. The zero-order valence-corrected chi connectivity index (χ0v) is 20.2. The first kappa shape index (κ1) is 27.3. The number of nitrogens with one attached hydrogen (secondary N) is 1. The zero-order valence-electron chi connectivity index (χ0n) is 20.2. The SMILES string of the molecule is N[C@@H](Cc1ccccc1)C(=O)N1CCc2c(-c3n[nH]c(=O)o3)cc(-c3ccncc3)cc21.O=C(O)C(F)(F)F. The summed E-state index contributed by atoms with van der Waals surface area (Å²) in [5.74, 6) is -3.33. The van der Waals surface area contributed by atoms with Crippen LogP contribution in [0.2, 0.25) is 0 Å². The van der Waals surface area contributed by atoms with Gasteiger partial charge in [-0.2, -0.15) is 13.2 Å². The second-order valence-corrected chi connectivity index (χ2v) is 8.51. The van der Waals surface area contributed by atoms with Gasteiger partial charge in [0.1, 0.15) is 0 Å². The van der Waals surface area contributed by atoms with Gasteiger partial charge in [-0.15, -0.1) is 5.10 Å². The van der Waals surface area contributed by atoms with Crippen molar-refractivity contribution in [2.45, 2.75) is 25.1 Å². The zero-order chi connectivity index (χ0) is 28.2. The molecule has 4 aromatic rings. The molecule has 10 nitrogen and oxygen atoms in total. The number of alkyl halides is 3. The van der Waals surface area contributed by atoms with Gasteiger partial charge in [0.05, 0.1) is 6.04 Å². The number of anilines is 1. The summed E-state index contributed by atoms with van der Waals surface area (Å²) in [6.45, 7) is 0.498. The van der Waals surface area contributed by atoms with Gasteiger partial charge in [0.25, 0.3) is 0 Å². The van der Waals surface area contributed by atoms with E-state index in [9.17, 15) is 22.8 Å². The normalized spacial score (nSPS) is 13.3. The maximum Gasteiger partial charge on any atom is 0.490 e. The Balaban J connectivity index is 0.000000448. The van der Waals surface area contributed by atoms with Crippen molar-refractivity contribution in [2.24, 2.45) is 5.73 Å². The minimum atomic E-state index is -5.08. The van der Waals surface area contributed by atoms with Crippen LogP contribution in [0.15, 0.2) is 76.2 Å². The van der Waals surface area contributed by atoms with Gasteiger partial charge in [-0.1, -0.05) is 30.3 Å². The Kier molecular flexibility index (Phi) is 7.91. The minimum absolute atomic E-state index is 0.145. The fourth-order valence-corrected chi connectivity index (χ4v) is 4.14. The number of benzene rings is 2. The summed E-state index contributed by atoms with van der Waals surface area (Å²) in [5, 5.41) is 13.5. The lowest BCUT2D eigenvalue weighted by molar-refractivity contribution is -0.192. The van der Waals surface area contributed by atoms with Crippen molar-refractivity contribution in [1.29, 1.82) is 0 Å². The van der Waals surface area contributed by atoms with Gasteiger partial charge >= 0.3 is 17.9 Å². The average molecular weight is 541 g/mol. The molecule has 0 bridgehead atoms. The molecule has 5 rings (SSSR count). The molecular formula is C26H22F3N5O5. The van der Waals surface area contributed by atoms with Gasteiger partial charge in [-0.3, -0.25) is 9.78 Å². The highest BCUT2D eigenvalue weighted by atomic mass is 19.4. The van der Waals surface area contributed by atoms with E-state index >= 15 is 0 Å². The topological polar surface area (TPSA) is 155 Å². The van der Waals surface area contributed by atoms with E-state index in [1.54, 1.807) is 17.3 Å². The van der Waals surface area contributed by atoms with Crippen LogP contribution in [0.1, 0.15) is 11.1 Å². The highest BCUT2D eigenvalue weighted by Crippen LogP contribution is 2.39. The molecule has 39 heavy (non-hydrogen) atoms. The van der Waals surface area contributed by atoms with Crippen molar-refractivity contribution in [3.05, 3.63) is 88.7 Å². The van der Waals surface area contributed by atoms with Crippen LogP contribution in [0.25, 0.3) is 22.6 Å². The molecule has 1 atom stereocenters. The van der Waals surface area contributed by atoms with Gasteiger partial charge in [0.2, 0.25) is 11.8 Å². The van der Waals surface area contributed by atoms with Crippen molar-refractivity contribution in [3.63, 3.8) is 0 Å².